The molecule has 0 amide bonds. The van der Waals surface area contributed by atoms with Crippen molar-refractivity contribution in [2.45, 2.75) is 6.92 Å². The van der Waals surface area contributed by atoms with Crippen molar-refractivity contribution in [2.24, 2.45) is 0 Å². The van der Waals surface area contributed by atoms with Crippen molar-refractivity contribution >= 4 is 11.9 Å². The molecule has 96 valence electrons. The minimum absolute atomic E-state index is 0.132. The van der Waals surface area contributed by atoms with E-state index in [1.807, 2.05) is 31.2 Å². The van der Waals surface area contributed by atoms with Gasteiger partial charge in [-0.3, -0.25) is 4.79 Å². The van der Waals surface area contributed by atoms with Crippen LogP contribution in [0.25, 0.3) is 6.08 Å². The Morgan fingerprint density at radius 1 is 1.05 bits per heavy atom. The van der Waals surface area contributed by atoms with Gasteiger partial charge in [0.25, 0.3) is 0 Å². The lowest BCUT2D eigenvalue weighted by molar-refractivity contribution is 0.104. The Morgan fingerprint density at radius 2 is 1.74 bits per heavy atom. The zero-order valence-corrected chi connectivity index (χ0v) is 10.5. The molecule has 0 aliphatic rings. The molecule has 3 nitrogen and oxygen atoms in total. The van der Waals surface area contributed by atoms with Gasteiger partial charge < -0.3 is 10.2 Å². The van der Waals surface area contributed by atoms with E-state index in [9.17, 15) is 15.0 Å². The van der Waals surface area contributed by atoms with E-state index in [4.69, 9.17) is 0 Å². The Balaban J connectivity index is 2.21. The predicted molar refractivity (Wildman–Crippen MR) is 74.3 cm³/mol. The van der Waals surface area contributed by atoms with Crippen LogP contribution in [0.2, 0.25) is 0 Å². The summed E-state index contributed by atoms with van der Waals surface area (Å²) < 4.78 is 0. The number of aryl methyl sites for hydroxylation is 1. The average molecular weight is 254 g/mol. The number of ketones is 1. The second-order valence-corrected chi connectivity index (χ2v) is 4.35. The normalized spacial score (nSPS) is 10.8. The van der Waals surface area contributed by atoms with Gasteiger partial charge in [-0.25, -0.2) is 0 Å². The standard InChI is InChI=1S/C16H14O3/c1-11-3-2-4-12(7-11)5-6-16(19)13-8-14(17)10-15(18)9-13/h2-10,17-18H,1H3/b6-5+. The summed E-state index contributed by atoms with van der Waals surface area (Å²) in [6.07, 6.45) is 3.12. The van der Waals surface area contributed by atoms with Crippen molar-refractivity contribution in [3.05, 3.63) is 65.2 Å². The van der Waals surface area contributed by atoms with Crippen LogP contribution in [0.3, 0.4) is 0 Å². The highest BCUT2D eigenvalue weighted by molar-refractivity contribution is 6.07. The van der Waals surface area contributed by atoms with E-state index in [1.165, 1.54) is 24.3 Å². The number of allylic oxidation sites excluding steroid dienone is 1. The summed E-state index contributed by atoms with van der Waals surface area (Å²) in [5.41, 5.74) is 2.30. The molecule has 0 bridgehead atoms. The number of hydrogen-bond acceptors (Lipinski definition) is 3. The predicted octanol–water partition coefficient (Wildman–Crippen LogP) is 3.30. The van der Waals surface area contributed by atoms with Gasteiger partial charge in [0, 0.05) is 11.6 Å². The molecule has 2 rings (SSSR count). The molecule has 2 aromatic carbocycles. The average Bonchev–Trinajstić information content (AvgIpc) is 2.35. The van der Waals surface area contributed by atoms with Crippen molar-refractivity contribution in [1.82, 2.24) is 0 Å². The summed E-state index contributed by atoms with van der Waals surface area (Å²) in [6.45, 7) is 1.98. The first kappa shape index (κ1) is 12.9. The van der Waals surface area contributed by atoms with E-state index in [1.54, 1.807) is 6.08 Å². The molecular formula is C16H14O3. The van der Waals surface area contributed by atoms with Gasteiger partial charge in [-0.1, -0.05) is 35.9 Å². The monoisotopic (exact) mass is 254 g/mol. The first-order valence-electron chi connectivity index (χ1n) is 5.87. The molecule has 2 aromatic rings. The lowest BCUT2D eigenvalue weighted by Gasteiger charge is -2.00. The molecule has 0 atom stereocenters. The molecule has 0 aromatic heterocycles. The molecule has 0 saturated heterocycles. The molecule has 2 N–H and O–H groups in total. The maximum Gasteiger partial charge on any atom is 0.186 e. The number of hydrogen-bond donors (Lipinski definition) is 2. The molecule has 0 heterocycles. The molecule has 0 unspecified atom stereocenters. The summed E-state index contributed by atoms with van der Waals surface area (Å²) in [7, 11) is 0. The van der Waals surface area contributed by atoms with E-state index in [0.717, 1.165) is 11.1 Å². The van der Waals surface area contributed by atoms with Gasteiger partial charge in [0.15, 0.2) is 5.78 Å². The number of benzene rings is 2. The Labute approximate surface area is 111 Å². The largest absolute Gasteiger partial charge is 0.508 e. The summed E-state index contributed by atoms with van der Waals surface area (Å²) in [5.74, 6) is -0.535. The number of phenolic OH excluding ortho intramolecular Hbond substituents is 2. The van der Waals surface area contributed by atoms with E-state index in [0.29, 0.717) is 0 Å². The Kier molecular flexibility index (Phi) is 3.66. The maximum absolute atomic E-state index is 11.9. The topological polar surface area (TPSA) is 57.5 Å². The van der Waals surface area contributed by atoms with Crippen LogP contribution in [0.1, 0.15) is 21.5 Å². The third-order valence-corrected chi connectivity index (χ3v) is 2.66. The smallest absolute Gasteiger partial charge is 0.186 e. The van der Waals surface area contributed by atoms with Crippen molar-refractivity contribution in [2.75, 3.05) is 0 Å². The van der Waals surface area contributed by atoms with Crippen LogP contribution in [0.5, 0.6) is 11.5 Å². The number of aromatic hydroxyl groups is 2. The summed E-state index contributed by atoms with van der Waals surface area (Å²) in [5, 5.41) is 18.7. The van der Waals surface area contributed by atoms with E-state index in [2.05, 4.69) is 0 Å². The number of rotatable bonds is 3. The quantitative estimate of drug-likeness (QED) is 0.652. The van der Waals surface area contributed by atoms with Gasteiger partial charge in [0.05, 0.1) is 0 Å². The van der Waals surface area contributed by atoms with Gasteiger partial charge in [0.1, 0.15) is 11.5 Å². The number of phenols is 2. The third-order valence-electron chi connectivity index (χ3n) is 2.66. The van der Waals surface area contributed by atoms with Crippen LogP contribution in [-0.2, 0) is 0 Å². The lowest BCUT2D eigenvalue weighted by Crippen LogP contribution is -1.93. The van der Waals surface area contributed by atoms with Gasteiger partial charge in [-0.05, 0) is 30.7 Å². The minimum atomic E-state index is -0.271. The number of carbonyl (C=O) groups is 1. The first-order chi connectivity index (χ1) is 9.04. The second-order valence-electron chi connectivity index (χ2n) is 4.35. The van der Waals surface area contributed by atoms with Crippen LogP contribution in [0.15, 0.2) is 48.5 Å². The summed E-state index contributed by atoms with van der Waals surface area (Å²) in [6, 6.07) is 11.6. The van der Waals surface area contributed by atoms with Crippen LogP contribution in [0, 0.1) is 6.92 Å². The highest BCUT2D eigenvalue weighted by atomic mass is 16.3. The molecule has 0 spiro atoms. The Bertz CT molecular complexity index is 622. The van der Waals surface area contributed by atoms with Crippen molar-refractivity contribution in [3.63, 3.8) is 0 Å². The molecule has 3 heteroatoms. The summed E-state index contributed by atoms with van der Waals surface area (Å²) >= 11 is 0. The first-order valence-corrected chi connectivity index (χ1v) is 5.87. The molecule has 0 aliphatic carbocycles. The van der Waals surface area contributed by atoms with Gasteiger partial charge >= 0.3 is 0 Å². The van der Waals surface area contributed by atoms with Gasteiger partial charge in [0.2, 0.25) is 0 Å². The maximum atomic E-state index is 11.9. The fourth-order valence-electron chi connectivity index (χ4n) is 1.78. The van der Waals surface area contributed by atoms with E-state index < -0.39 is 0 Å². The lowest BCUT2D eigenvalue weighted by atomic mass is 10.1. The van der Waals surface area contributed by atoms with E-state index in [-0.39, 0.29) is 22.8 Å². The Morgan fingerprint density at radius 3 is 2.37 bits per heavy atom. The van der Waals surface area contributed by atoms with Crippen molar-refractivity contribution < 1.29 is 15.0 Å². The van der Waals surface area contributed by atoms with Crippen LogP contribution >= 0.6 is 0 Å². The Hall–Kier alpha value is -2.55. The number of carbonyl (C=O) groups excluding carboxylic acids is 1. The molecule has 0 fully saturated rings. The van der Waals surface area contributed by atoms with Crippen LogP contribution < -0.4 is 0 Å². The minimum Gasteiger partial charge on any atom is -0.508 e. The zero-order valence-electron chi connectivity index (χ0n) is 10.5. The fraction of sp³-hybridized carbons (Fsp3) is 0.0625. The van der Waals surface area contributed by atoms with Crippen LogP contribution in [-0.4, -0.2) is 16.0 Å². The molecule has 0 aliphatic heterocycles. The molecule has 0 radical (unpaired) electrons. The molecule has 19 heavy (non-hydrogen) atoms. The molecule has 0 saturated carbocycles. The van der Waals surface area contributed by atoms with Crippen molar-refractivity contribution in [1.29, 1.82) is 0 Å². The molecular weight excluding hydrogens is 240 g/mol. The van der Waals surface area contributed by atoms with Crippen molar-refractivity contribution in [3.8, 4) is 11.5 Å². The van der Waals surface area contributed by atoms with Gasteiger partial charge in [-0.2, -0.15) is 0 Å². The summed E-state index contributed by atoms with van der Waals surface area (Å²) in [4.78, 5) is 11.9. The fourth-order valence-corrected chi connectivity index (χ4v) is 1.78. The zero-order chi connectivity index (χ0) is 13.8. The highest BCUT2D eigenvalue weighted by Gasteiger charge is 2.05. The van der Waals surface area contributed by atoms with E-state index >= 15 is 0 Å². The third kappa shape index (κ3) is 3.45. The van der Waals surface area contributed by atoms with Gasteiger partial charge in [-0.15, -0.1) is 0 Å². The highest BCUT2D eigenvalue weighted by Crippen LogP contribution is 2.21. The SMILES string of the molecule is Cc1cccc(/C=C/C(=O)c2cc(O)cc(O)c2)c1. The second kappa shape index (κ2) is 5.40. The van der Waals surface area contributed by atoms with Crippen LogP contribution in [0.4, 0.5) is 0 Å².